The van der Waals surface area contributed by atoms with Gasteiger partial charge in [0.2, 0.25) is 0 Å². The van der Waals surface area contributed by atoms with Gasteiger partial charge in [-0.3, -0.25) is 0 Å². The molecule has 3 nitrogen and oxygen atoms in total. The standard InChI is InChI=1S/C58H38N2O/c1-4-13-39(14-5-1)41-25-31-47(32-26-41)59(48-33-27-42(28-34-48)40-15-6-2-7-16-40)55-22-12-20-50-57-51-37-44(24-23-43(51)30-36-56(57)61-58(50)55)45-29-35-54-52(38-45)49-19-10-11-21-53(49)60(54)46-17-8-3-9-18-46/h1-38H. The molecule has 286 valence electrons. The Balaban J connectivity index is 1.01. The van der Waals surface area contributed by atoms with Crippen LogP contribution in [0.1, 0.15) is 0 Å². The van der Waals surface area contributed by atoms with Crippen LogP contribution >= 0.6 is 0 Å². The van der Waals surface area contributed by atoms with Gasteiger partial charge in [0.15, 0.2) is 5.58 Å². The fraction of sp³-hybridized carbons (Fsp3) is 0. The molecule has 0 aliphatic heterocycles. The van der Waals surface area contributed by atoms with Gasteiger partial charge >= 0.3 is 0 Å². The largest absolute Gasteiger partial charge is 0.454 e. The average Bonchev–Trinajstić information content (AvgIpc) is 3.89. The van der Waals surface area contributed by atoms with Crippen molar-refractivity contribution in [3.63, 3.8) is 0 Å². The molecule has 12 rings (SSSR count). The van der Waals surface area contributed by atoms with Crippen molar-refractivity contribution in [2.24, 2.45) is 0 Å². The number of fused-ring (bicyclic) bond motifs is 8. The summed E-state index contributed by atoms with van der Waals surface area (Å²) in [4.78, 5) is 2.32. The summed E-state index contributed by atoms with van der Waals surface area (Å²) in [5.41, 5.74) is 15.5. The van der Waals surface area contributed by atoms with Crippen molar-refractivity contribution in [1.29, 1.82) is 0 Å². The van der Waals surface area contributed by atoms with Gasteiger partial charge in [0.05, 0.1) is 16.7 Å². The topological polar surface area (TPSA) is 21.3 Å². The first-order valence-corrected chi connectivity index (χ1v) is 20.8. The van der Waals surface area contributed by atoms with E-state index in [1.54, 1.807) is 0 Å². The second-order valence-corrected chi connectivity index (χ2v) is 15.7. The Bertz CT molecular complexity index is 3470. The number of anilines is 3. The van der Waals surface area contributed by atoms with Gasteiger partial charge in [-0.05, 0) is 117 Å². The van der Waals surface area contributed by atoms with Gasteiger partial charge in [0.1, 0.15) is 5.58 Å². The molecule has 0 saturated heterocycles. The highest BCUT2D eigenvalue weighted by Gasteiger charge is 2.21. The predicted molar refractivity (Wildman–Crippen MR) is 257 cm³/mol. The Labute approximate surface area is 353 Å². The van der Waals surface area contributed by atoms with Crippen LogP contribution in [-0.4, -0.2) is 4.57 Å². The van der Waals surface area contributed by atoms with E-state index in [0.29, 0.717) is 0 Å². The first-order valence-electron chi connectivity index (χ1n) is 20.8. The fourth-order valence-electron chi connectivity index (χ4n) is 9.26. The molecule has 0 bridgehead atoms. The lowest BCUT2D eigenvalue weighted by molar-refractivity contribution is 0.669. The highest BCUT2D eigenvalue weighted by atomic mass is 16.3. The number of benzene rings is 10. The minimum absolute atomic E-state index is 0.852. The van der Waals surface area contributed by atoms with Crippen LogP contribution in [0.5, 0.6) is 0 Å². The van der Waals surface area contributed by atoms with E-state index < -0.39 is 0 Å². The molecule has 0 N–H and O–H groups in total. The lowest BCUT2D eigenvalue weighted by Gasteiger charge is -2.26. The molecule has 0 spiro atoms. The number of hydrogen-bond acceptors (Lipinski definition) is 2. The number of rotatable bonds is 7. The molecule has 0 aliphatic rings. The molecule has 2 aromatic heterocycles. The first kappa shape index (κ1) is 34.9. The van der Waals surface area contributed by atoms with Crippen LogP contribution in [0, 0.1) is 0 Å². The van der Waals surface area contributed by atoms with E-state index in [1.807, 2.05) is 0 Å². The molecular formula is C58H38N2O. The third-order valence-corrected chi connectivity index (χ3v) is 12.2. The predicted octanol–water partition coefficient (Wildman–Crippen LogP) is 16.3. The quantitative estimate of drug-likeness (QED) is 0.161. The van der Waals surface area contributed by atoms with Crippen molar-refractivity contribution in [3.05, 3.63) is 231 Å². The van der Waals surface area contributed by atoms with Gasteiger partial charge in [0.25, 0.3) is 0 Å². The van der Waals surface area contributed by atoms with Crippen LogP contribution in [0.3, 0.4) is 0 Å². The van der Waals surface area contributed by atoms with E-state index in [9.17, 15) is 0 Å². The van der Waals surface area contributed by atoms with Crippen molar-refractivity contribution >= 4 is 71.6 Å². The summed E-state index contributed by atoms with van der Waals surface area (Å²) in [6.07, 6.45) is 0. The molecule has 2 heterocycles. The summed E-state index contributed by atoms with van der Waals surface area (Å²) in [6, 6.07) is 82.7. The second kappa shape index (κ2) is 14.3. The molecule has 12 aromatic rings. The van der Waals surface area contributed by atoms with Gasteiger partial charge < -0.3 is 13.9 Å². The number of hydrogen-bond donors (Lipinski definition) is 0. The number of aromatic nitrogens is 1. The fourth-order valence-corrected chi connectivity index (χ4v) is 9.26. The Morgan fingerprint density at radius 3 is 1.52 bits per heavy atom. The molecule has 0 atom stereocenters. The molecule has 61 heavy (non-hydrogen) atoms. The van der Waals surface area contributed by atoms with Crippen LogP contribution in [0.4, 0.5) is 17.1 Å². The summed E-state index contributed by atoms with van der Waals surface area (Å²) in [5.74, 6) is 0. The highest BCUT2D eigenvalue weighted by molar-refractivity contribution is 6.21. The number of para-hydroxylation sites is 3. The van der Waals surface area contributed by atoms with E-state index in [-0.39, 0.29) is 0 Å². The minimum Gasteiger partial charge on any atom is -0.454 e. The van der Waals surface area contributed by atoms with Crippen molar-refractivity contribution in [3.8, 4) is 39.1 Å². The average molecular weight is 779 g/mol. The maximum Gasteiger partial charge on any atom is 0.159 e. The van der Waals surface area contributed by atoms with E-state index in [0.717, 1.165) is 44.7 Å². The van der Waals surface area contributed by atoms with Crippen LogP contribution in [-0.2, 0) is 0 Å². The lowest BCUT2D eigenvalue weighted by Crippen LogP contribution is -2.10. The van der Waals surface area contributed by atoms with Gasteiger partial charge in [-0.1, -0.05) is 158 Å². The second-order valence-electron chi connectivity index (χ2n) is 15.7. The summed E-state index contributed by atoms with van der Waals surface area (Å²) < 4.78 is 9.32. The summed E-state index contributed by atoms with van der Waals surface area (Å²) in [6.45, 7) is 0. The maximum absolute atomic E-state index is 6.95. The minimum atomic E-state index is 0.852. The van der Waals surface area contributed by atoms with Crippen LogP contribution in [0.2, 0.25) is 0 Å². The molecule has 0 aliphatic carbocycles. The molecule has 10 aromatic carbocycles. The highest BCUT2D eigenvalue weighted by Crippen LogP contribution is 2.45. The van der Waals surface area contributed by atoms with E-state index >= 15 is 0 Å². The molecule has 0 radical (unpaired) electrons. The summed E-state index contributed by atoms with van der Waals surface area (Å²) in [5, 5.41) is 7.04. The zero-order valence-electron chi connectivity index (χ0n) is 33.2. The normalized spacial score (nSPS) is 11.6. The van der Waals surface area contributed by atoms with Crippen molar-refractivity contribution in [2.75, 3.05) is 4.90 Å². The smallest absolute Gasteiger partial charge is 0.159 e. The third kappa shape index (κ3) is 5.90. The summed E-state index contributed by atoms with van der Waals surface area (Å²) >= 11 is 0. The molecule has 3 heteroatoms. The van der Waals surface area contributed by atoms with Gasteiger partial charge in [-0.2, -0.15) is 0 Å². The molecule has 0 fully saturated rings. The summed E-state index contributed by atoms with van der Waals surface area (Å²) in [7, 11) is 0. The molecular weight excluding hydrogens is 741 g/mol. The Morgan fingerprint density at radius 2 is 0.852 bits per heavy atom. The molecule has 0 saturated carbocycles. The first-order chi connectivity index (χ1) is 30.2. The number of furan rings is 1. The van der Waals surface area contributed by atoms with Crippen LogP contribution < -0.4 is 4.90 Å². The maximum atomic E-state index is 6.95. The molecule has 0 amide bonds. The van der Waals surface area contributed by atoms with Crippen molar-refractivity contribution in [2.45, 2.75) is 0 Å². The zero-order valence-corrected chi connectivity index (χ0v) is 33.2. The van der Waals surface area contributed by atoms with Gasteiger partial charge in [-0.15, -0.1) is 0 Å². The van der Waals surface area contributed by atoms with Crippen molar-refractivity contribution < 1.29 is 4.42 Å². The van der Waals surface area contributed by atoms with Crippen LogP contribution in [0.15, 0.2) is 235 Å². The monoisotopic (exact) mass is 778 g/mol. The van der Waals surface area contributed by atoms with Gasteiger partial charge in [0, 0.05) is 38.6 Å². The van der Waals surface area contributed by atoms with Crippen molar-refractivity contribution in [1.82, 2.24) is 4.57 Å². The Kier molecular flexibility index (Phi) is 8.17. The Hall–Kier alpha value is -8.14. The number of nitrogens with zero attached hydrogens (tertiary/aromatic N) is 2. The molecule has 0 unspecified atom stereocenters. The van der Waals surface area contributed by atoms with Crippen LogP contribution in [0.25, 0.3) is 93.6 Å². The van der Waals surface area contributed by atoms with E-state index in [4.69, 9.17) is 4.42 Å². The third-order valence-electron chi connectivity index (χ3n) is 12.2. The van der Waals surface area contributed by atoms with Gasteiger partial charge in [-0.25, -0.2) is 0 Å². The SMILES string of the molecule is c1ccc(-c2ccc(N(c3ccc(-c4ccccc4)cc3)c3cccc4c3oc3ccc5ccc(-c6ccc7c(c6)c6ccccc6n7-c6ccccc6)cc5c34)cc2)cc1. The lowest BCUT2D eigenvalue weighted by atomic mass is 9.97. The van der Waals surface area contributed by atoms with E-state index in [1.165, 1.54) is 66.0 Å². The Morgan fingerprint density at radius 1 is 0.344 bits per heavy atom. The van der Waals surface area contributed by atoms with E-state index in [2.05, 4.69) is 240 Å². The zero-order chi connectivity index (χ0) is 40.3.